The van der Waals surface area contributed by atoms with E-state index in [1.54, 1.807) is 18.2 Å². The highest BCUT2D eigenvalue weighted by Gasteiger charge is 2.31. The topological polar surface area (TPSA) is 64.1 Å². The number of aromatic nitrogens is 2. The SMILES string of the molecule is O=c1[nH]c(-c2ccccc2)c(F)c(=O)n1-c1ccc(OC(F)(F)F)cc1. The van der Waals surface area contributed by atoms with Gasteiger partial charge in [0.25, 0.3) is 5.56 Å². The van der Waals surface area contributed by atoms with E-state index in [0.29, 0.717) is 10.1 Å². The third kappa shape index (κ3) is 3.51. The van der Waals surface area contributed by atoms with E-state index >= 15 is 0 Å². The highest BCUT2D eigenvalue weighted by molar-refractivity contribution is 5.59. The molecule has 5 nitrogen and oxygen atoms in total. The van der Waals surface area contributed by atoms with Gasteiger partial charge in [-0.15, -0.1) is 13.2 Å². The number of nitrogens with zero attached hydrogens (tertiary/aromatic N) is 1. The maximum atomic E-state index is 14.4. The van der Waals surface area contributed by atoms with E-state index in [1.807, 2.05) is 0 Å². The predicted molar refractivity (Wildman–Crippen MR) is 84.7 cm³/mol. The average molecular weight is 366 g/mol. The van der Waals surface area contributed by atoms with E-state index < -0.39 is 29.2 Å². The molecule has 0 aliphatic carbocycles. The van der Waals surface area contributed by atoms with Crippen molar-refractivity contribution in [1.82, 2.24) is 9.55 Å². The van der Waals surface area contributed by atoms with Crippen LogP contribution in [0.15, 0.2) is 64.2 Å². The summed E-state index contributed by atoms with van der Waals surface area (Å²) in [5.74, 6) is -1.72. The van der Waals surface area contributed by atoms with Crippen molar-refractivity contribution in [1.29, 1.82) is 0 Å². The first-order valence-electron chi connectivity index (χ1n) is 7.23. The Balaban J connectivity index is 2.06. The van der Waals surface area contributed by atoms with Gasteiger partial charge in [-0.3, -0.25) is 4.79 Å². The van der Waals surface area contributed by atoms with Gasteiger partial charge in [0.1, 0.15) is 5.75 Å². The molecule has 0 saturated carbocycles. The highest BCUT2D eigenvalue weighted by Crippen LogP contribution is 2.23. The first-order chi connectivity index (χ1) is 12.3. The molecule has 0 spiro atoms. The Bertz CT molecular complexity index is 1040. The van der Waals surface area contributed by atoms with Crippen molar-refractivity contribution in [3.63, 3.8) is 0 Å². The molecule has 26 heavy (non-hydrogen) atoms. The van der Waals surface area contributed by atoms with Gasteiger partial charge in [0.15, 0.2) is 0 Å². The molecule has 3 rings (SSSR count). The number of benzene rings is 2. The van der Waals surface area contributed by atoms with Crippen LogP contribution >= 0.6 is 0 Å². The molecule has 0 aliphatic heterocycles. The smallest absolute Gasteiger partial charge is 0.406 e. The predicted octanol–water partition coefficient (Wildman–Crippen LogP) is 3.23. The van der Waals surface area contributed by atoms with Crippen LogP contribution in [0.25, 0.3) is 16.9 Å². The van der Waals surface area contributed by atoms with E-state index in [9.17, 15) is 27.2 Å². The molecule has 2 aromatic carbocycles. The third-order valence-corrected chi connectivity index (χ3v) is 3.44. The minimum Gasteiger partial charge on any atom is -0.406 e. The fourth-order valence-corrected chi connectivity index (χ4v) is 2.35. The minimum absolute atomic E-state index is 0.107. The fraction of sp³-hybridized carbons (Fsp3) is 0.0588. The highest BCUT2D eigenvalue weighted by atomic mass is 19.4. The van der Waals surface area contributed by atoms with Crippen LogP contribution in [0.3, 0.4) is 0 Å². The van der Waals surface area contributed by atoms with Gasteiger partial charge < -0.3 is 9.72 Å². The van der Waals surface area contributed by atoms with Crippen LogP contribution in [0, 0.1) is 5.82 Å². The number of H-pyrrole nitrogens is 1. The van der Waals surface area contributed by atoms with Crippen LogP contribution < -0.4 is 16.0 Å². The molecule has 1 N–H and O–H groups in total. The van der Waals surface area contributed by atoms with Crippen LogP contribution in [0.4, 0.5) is 17.6 Å². The number of hydrogen-bond acceptors (Lipinski definition) is 3. The third-order valence-electron chi connectivity index (χ3n) is 3.44. The summed E-state index contributed by atoms with van der Waals surface area (Å²) in [7, 11) is 0. The second-order valence-corrected chi connectivity index (χ2v) is 5.17. The molecular formula is C17H10F4N2O3. The minimum atomic E-state index is -4.88. The first-order valence-corrected chi connectivity index (χ1v) is 7.23. The molecular weight excluding hydrogens is 356 g/mol. The van der Waals surface area contributed by atoms with Gasteiger partial charge in [0.05, 0.1) is 11.4 Å². The summed E-state index contributed by atoms with van der Waals surface area (Å²) in [6.07, 6.45) is -4.88. The molecule has 0 aliphatic rings. The first kappa shape index (κ1) is 17.5. The molecule has 0 unspecified atom stereocenters. The van der Waals surface area contributed by atoms with Gasteiger partial charge in [-0.1, -0.05) is 30.3 Å². The van der Waals surface area contributed by atoms with Gasteiger partial charge in [-0.05, 0) is 24.3 Å². The van der Waals surface area contributed by atoms with E-state index in [1.165, 1.54) is 12.1 Å². The van der Waals surface area contributed by atoms with Crippen molar-refractivity contribution in [2.75, 3.05) is 0 Å². The lowest BCUT2D eigenvalue weighted by Gasteiger charge is -2.11. The Morgan fingerprint density at radius 2 is 1.54 bits per heavy atom. The van der Waals surface area contributed by atoms with E-state index in [2.05, 4.69) is 9.72 Å². The maximum absolute atomic E-state index is 14.4. The molecule has 0 atom stereocenters. The number of halogens is 4. The lowest BCUT2D eigenvalue weighted by molar-refractivity contribution is -0.274. The van der Waals surface area contributed by atoms with Crippen molar-refractivity contribution in [3.8, 4) is 22.7 Å². The molecule has 3 aromatic rings. The van der Waals surface area contributed by atoms with Crippen LogP contribution in [0.2, 0.25) is 0 Å². The van der Waals surface area contributed by atoms with E-state index in [0.717, 1.165) is 24.3 Å². The van der Waals surface area contributed by atoms with Crippen molar-refractivity contribution >= 4 is 0 Å². The Hall–Kier alpha value is -3.36. The number of rotatable bonds is 3. The summed E-state index contributed by atoms with van der Waals surface area (Å²) in [4.78, 5) is 26.8. The summed E-state index contributed by atoms with van der Waals surface area (Å²) in [5, 5.41) is 0. The Kier molecular flexibility index (Phi) is 4.37. The normalized spacial score (nSPS) is 11.4. The monoisotopic (exact) mass is 366 g/mol. The van der Waals surface area contributed by atoms with Gasteiger partial charge in [-0.2, -0.15) is 4.39 Å². The fourth-order valence-electron chi connectivity index (χ4n) is 2.35. The Morgan fingerprint density at radius 3 is 2.12 bits per heavy atom. The standard InChI is InChI=1S/C17H10F4N2O3/c18-13-14(10-4-2-1-3-5-10)22-16(25)23(15(13)24)11-6-8-12(9-7-11)26-17(19,20)21/h1-9H,(H,22,25). The molecule has 1 aromatic heterocycles. The van der Waals surface area contributed by atoms with Gasteiger partial charge in [-0.25, -0.2) is 9.36 Å². The van der Waals surface area contributed by atoms with Crippen molar-refractivity contribution < 1.29 is 22.3 Å². The van der Waals surface area contributed by atoms with Gasteiger partial charge in [0.2, 0.25) is 5.82 Å². The van der Waals surface area contributed by atoms with Crippen molar-refractivity contribution in [2.45, 2.75) is 6.36 Å². The van der Waals surface area contributed by atoms with Crippen LogP contribution in [-0.2, 0) is 0 Å². The molecule has 0 saturated heterocycles. The maximum Gasteiger partial charge on any atom is 0.573 e. The molecule has 0 bridgehead atoms. The lowest BCUT2D eigenvalue weighted by atomic mass is 10.1. The summed E-state index contributed by atoms with van der Waals surface area (Å²) < 4.78 is 55.1. The molecule has 1 heterocycles. The van der Waals surface area contributed by atoms with Crippen molar-refractivity contribution in [2.24, 2.45) is 0 Å². The average Bonchev–Trinajstić information content (AvgIpc) is 2.59. The zero-order chi connectivity index (χ0) is 18.9. The molecule has 0 fully saturated rings. The molecule has 134 valence electrons. The number of hydrogen-bond donors (Lipinski definition) is 1. The van der Waals surface area contributed by atoms with Gasteiger partial charge in [0, 0.05) is 5.56 Å². The summed E-state index contributed by atoms with van der Waals surface area (Å²) in [5.41, 5.74) is -2.23. The second-order valence-electron chi connectivity index (χ2n) is 5.17. The van der Waals surface area contributed by atoms with Gasteiger partial charge >= 0.3 is 12.1 Å². The summed E-state index contributed by atoms with van der Waals surface area (Å²) in [6, 6.07) is 11.8. The summed E-state index contributed by atoms with van der Waals surface area (Å²) >= 11 is 0. The molecule has 9 heteroatoms. The molecule has 0 radical (unpaired) electrons. The zero-order valence-corrected chi connectivity index (χ0v) is 12.9. The number of ether oxygens (including phenoxy) is 1. The zero-order valence-electron chi connectivity index (χ0n) is 12.9. The quantitative estimate of drug-likeness (QED) is 0.724. The largest absolute Gasteiger partial charge is 0.573 e. The van der Waals surface area contributed by atoms with Crippen LogP contribution in [0.5, 0.6) is 5.75 Å². The number of aromatic amines is 1. The van der Waals surface area contributed by atoms with Crippen LogP contribution in [-0.4, -0.2) is 15.9 Å². The summed E-state index contributed by atoms with van der Waals surface area (Å²) in [6.45, 7) is 0. The Labute approximate surface area is 143 Å². The van der Waals surface area contributed by atoms with E-state index in [-0.39, 0.29) is 11.4 Å². The number of nitrogens with one attached hydrogen (secondary N) is 1. The number of alkyl halides is 3. The second kappa shape index (κ2) is 6.51. The Morgan fingerprint density at radius 1 is 0.923 bits per heavy atom. The van der Waals surface area contributed by atoms with Crippen LogP contribution in [0.1, 0.15) is 0 Å². The van der Waals surface area contributed by atoms with Crippen molar-refractivity contribution in [3.05, 3.63) is 81.3 Å². The lowest BCUT2D eigenvalue weighted by Crippen LogP contribution is -2.36. The molecule has 0 amide bonds. The van der Waals surface area contributed by atoms with E-state index in [4.69, 9.17) is 0 Å².